The van der Waals surface area contributed by atoms with Gasteiger partial charge >= 0.3 is 0 Å². The van der Waals surface area contributed by atoms with Crippen LogP contribution in [-0.2, 0) is 22.6 Å². The van der Waals surface area contributed by atoms with Gasteiger partial charge in [0, 0.05) is 6.54 Å². The van der Waals surface area contributed by atoms with Crippen LogP contribution >= 0.6 is 0 Å². The zero-order chi connectivity index (χ0) is 18.9. The van der Waals surface area contributed by atoms with Gasteiger partial charge in [-0.1, -0.05) is 18.2 Å². The number of methoxy groups -OCH3 is 2. The minimum Gasteiger partial charge on any atom is -0.493 e. The molecule has 26 heavy (non-hydrogen) atoms. The van der Waals surface area contributed by atoms with Crippen LogP contribution < -0.4 is 20.1 Å². The van der Waals surface area contributed by atoms with Gasteiger partial charge < -0.3 is 20.1 Å². The van der Waals surface area contributed by atoms with Gasteiger partial charge in [-0.25, -0.2) is 4.39 Å². The van der Waals surface area contributed by atoms with Crippen LogP contribution in [0.1, 0.15) is 11.1 Å². The Labute approximate surface area is 151 Å². The molecule has 0 aliphatic heterocycles. The largest absolute Gasteiger partial charge is 0.493 e. The summed E-state index contributed by atoms with van der Waals surface area (Å²) in [5.74, 6) is 0.0991. The second kappa shape index (κ2) is 9.41. The van der Waals surface area contributed by atoms with Gasteiger partial charge in [0.15, 0.2) is 11.5 Å². The van der Waals surface area contributed by atoms with Gasteiger partial charge in [-0.15, -0.1) is 0 Å². The summed E-state index contributed by atoms with van der Waals surface area (Å²) in [5, 5.41) is 5.22. The van der Waals surface area contributed by atoms with Crippen molar-refractivity contribution < 1.29 is 23.5 Å². The Hall–Kier alpha value is -3.09. The van der Waals surface area contributed by atoms with Crippen LogP contribution in [0.15, 0.2) is 42.5 Å². The molecule has 0 radical (unpaired) electrons. The first-order valence-corrected chi connectivity index (χ1v) is 8.00. The number of nitrogens with one attached hydrogen (secondary N) is 2. The van der Waals surface area contributed by atoms with E-state index in [0.717, 1.165) is 5.56 Å². The Bertz CT molecular complexity index is 780. The molecule has 0 aromatic heterocycles. The van der Waals surface area contributed by atoms with E-state index < -0.39 is 5.82 Å². The molecule has 0 aliphatic rings. The van der Waals surface area contributed by atoms with Crippen molar-refractivity contribution in [1.29, 1.82) is 0 Å². The fourth-order valence-electron chi connectivity index (χ4n) is 2.33. The third-order valence-corrected chi connectivity index (χ3v) is 3.64. The van der Waals surface area contributed by atoms with Crippen molar-refractivity contribution in [3.8, 4) is 11.5 Å². The summed E-state index contributed by atoms with van der Waals surface area (Å²) < 4.78 is 23.4. The van der Waals surface area contributed by atoms with E-state index in [9.17, 15) is 14.0 Å². The number of rotatable bonds is 8. The summed E-state index contributed by atoms with van der Waals surface area (Å²) in [6.45, 7) is 0.139. The molecule has 2 rings (SSSR count). The van der Waals surface area contributed by atoms with Gasteiger partial charge in [0.2, 0.25) is 11.8 Å². The van der Waals surface area contributed by atoms with Crippen molar-refractivity contribution >= 4 is 11.8 Å². The van der Waals surface area contributed by atoms with E-state index in [1.807, 2.05) is 6.07 Å². The van der Waals surface area contributed by atoms with E-state index >= 15 is 0 Å². The minimum atomic E-state index is -0.400. The fourth-order valence-corrected chi connectivity index (χ4v) is 2.33. The number of halogens is 1. The third kappa shape index (κ3) is 5.77. The number of hydrogen-bond donors (Lipinski definition) is 2. The lowest BCUT2D eigenvalue weighted by molar-refractivity contribution is -0.125. The van der Waals surface area contributed by atoms with Gasteiger partial charge in [0.25, 0.3) is 0 Å². The maximum Gasteiger partial charge on any atom is 0.239 e. The predicted molar refractivity (Wildman–Crippen MR) is 94.5 cm³/mol. The number of benzene rings is 2. The Morgan fingerprint density at radius 3 is 2.38 bits per heavy atom. The molecule has 2 aromatic carbocycles. The van der Waals surface area contributed by atoms with E-state index in [-0.39, 0.29) is 24.8 Å². The molecule has 138 valence electrons. The van der Waals surface area contributed by atoms with Crippen LogP contribution in [0.3, 0.4) is 0 Å². The normalized spacial score (nSPS) is 10.1. The van der Waals surface area contributed by atoms with E-state index in [2.05, 4.69) is 10.6 Å². The summed E-state index contributed by atoms with van der Waals surface area (Å²) in [7, 11) is 3.08. The Morgan fingerprint density at radius 2 is 1.69 bits per heavy atom. The van der Waals surface area contributed by atoms with Crippen LogP contribution in [0.5, 0.6) is 11.5 Å². The van der Waals surface area contributed by atoms with Crippen molar-refractivity contribution in [2.24, 2.45) is 0 Å². The maximum absolute atomic E-state index is 13.1. The third-order valence-electron chi connectivity index (χ3n) is 3.64. The van der Waals surface area contributed by atoms with Gasteiger partial charge in [0.1, 0.15) is 5.82 Å². The highest BCUT2D eigenvalue weighted by atomic mass is 19.1. The van der Waals surface area contributed by atoms with Gasteiger partial charge in [0.05, 0.1) is 27.2 Å². The average molecular weight is 360 g/mol. The fraction of sp³-hybridized carbons (Fsp3) is 0.263. The Morgan fingerprint density at radius 1 is 0.923 bits per heavy atom. The maximum atomic E-state index is 13.1. The summed E-state index contributed by atoms with van der Waals surface area (Å²) in [5.41, 5.74) is 1.38. The Kier molecular flexibility index (Phi) is 6.96. The number of ether oxygens (including phenoxy) is 2. The quantitative estimate of drug-likeness (QED) is 0.753. The number of amides is 2. The highest BCUT2D eigenvalue weighted by molar-refractivity contribution is 5.85. The van der Waals surface area contributed by atoms with Crippen LogP contribution in [-0.4, -0.2) is 32.6 Å². The van der Waals surface area contributed by atoms with Gasteiger partial charge in [-0.05, 0) is 35.4 Å². The molecule has 0 unspecified atom stereocenters. The summed E-state index contributed by atoms with van der Waals surface area (Å²) >= 11 is 0. The highest BCUT2D eigenvalue weighted by Crippen LogP contribution is 2.27. The number of carbonyl (C=O) groups is 2. The number of hydrogen-bond acceptors (Lipinski definition) is 4. The molecule has 0 saturated heterocycles. The van der Waals surface area contributed by atoms with Gasteiger partial charge in [-0.3, -0.25) is 9.59 Å². The standard InChI is InChI=1S/C19H21FN2O4/c1-25-16-7-6-14(9-17(16)26-2)11-21-19(24)12-22-18(23)10-13-4-3-5-15(20)8-13/h3-9H,10-12H2,1-2H3,(H,21,24)(H,22,23). The molecule has 0 bridgehead atoms. The molecule has 0 saturated carbocycles. The minimum absolute atomic E-state index is 0.0146. The topological polar surface area (TPSA) is 76.7 Å². The SMILES string of the molecule is COc1ccc(CNC(=O)CNC(=O)Cc2cccc(F)c2)cc1OC. The van der Waals surface area contributed by atoms with E-state index in [1.165, 1.54) is 25.3 Å². The van der Waals surface area contributed by atoms with E-state index in [4.69, 9.17) is 9.47 Å². The molecule has 6 nitrogen and oxygen atoms in total. The lowest BCUT2D eigenvalue weighted by atomic mass is 10.1. The summed E-state index contributed by atoms with van der Waals surface area (Å²) in [6.07, 6.45) is 0.0146. The van der Waals surface area contributed by atoms with Crippen LogP contribution in [0.2, 0.25) is 0 Å². The van der Waals surface area contributed by atoms with Crippen molar-refractivity contribution in [1.82, 2.24) is 10.6 Å². The molecule has 2 amide bonds. The second-order valence-corrected chi connectivity index (χ2v) is 5.55. The van der Waals surface area contributed by atoms with Gasteiger partial charge in [-0.2, -0.15) is 0 Å². The molecule has 2 aromatic rings. The summed E-state index contributed by atoms with van der Waals surface area (Å²) in [4.78, 5) is 23.7. The van der Waals surface area contributed by atoms with Crippen LogP contribution in [0.4, 0.5) is 4.39 Å². The predicted octanol–water partition coefficient (Wildman–Crippen LogP) is 1.82. The smallest absolute Gasteiger partial charge is 0.239 e. The van der Waals surface area contributed by atoms with Crippen LogP contribution in [0, 0.1) is 5.82 Å². The van der Waals surface area contributed by atoms with Crippen molar-refractivity contribution in [3.63, 3.8) is 0 Å². The van der Waals surface area contributed by atoms with E-state index in [0.29, 0.717) is 23.6 Å². The highest BCUT2D eigenvalue weighted by Gasteiger charge is 2.08. The van der Waals surface area contributed by atoms with Crippen LogP contribution in [0.25, 0.3) is 0 Å². The summed E-state index contributed by atoms with van der Waals surface area (Å²) in [6, 6.07) is 11.1. The molecule has 0 spiro atoms. The number of carbonyl (C=O) groups excluding carboxylic acids is 2. The molecule has 0 atom stereocenters. The first-order valence-electron chi connectivity index (χ1n) is 8.00. The molecule has 2 N–H and O–H groups in total. The average Bonchev–Trinajstić information content (AvgIpc) is 2.64. The zero-order valence-corrected chi connectivity index (χ0v) is 14.7. The van der Waals surface area contributed by atoms with Crippen molar-refractivity contribution in [2.45, 2.75) is 13.0 Å². The van der Waals surface area contributed by atoms with Crippen molar-refractivity contribution in [3.05, 3.63) is 59.4 Å². The first kappa shape index (κ1) is 19.2. The van der Waals surface area contributed by atoms with E-state index in [1.54, 1.807) is 25.3 Å². The molecular weight excluding hydrogens is 339 g/mol. The van der Waals surface area contributed by atoms with Crippen molar-refractivity contribution in [2.75, 3.05) is 20.8 Å². The monoisotopic (exact) mass is 360 g/mol. The molecular formula is C19H21FN2O4. The molecule has 0 aliphatic carbocycles. The Balaban J connectivity index is 1.77. The molecule has 0 fully saturated rings. The first-order chi connectivity index (χ1) is 12.5. The lowest BCUT2D eigenvalue weighted by Crippen LogP contribution is -2.37. The second-order valence-electron chi connectivity index (χ2n) is 5.55. The lowest BCUT2D eigenvalue weighted by Gasteiger charge is -2.11. The zero-order valence-electron chi connectivity index (χ0n) is 14.7. The molecule has 7 heteroatoms. The molecule has 0 heterocycles.